The Morgan fingerprint density at radius 3 is 2.27 bits per heavy atom. The van der Waals surface area contributed by atoms with Crippen LogP contribution in [0.25, 0.3) is 0 Å². The molecule has 1 aliphatic heterocycles. The van der Waals surface area contributed by atoms with E-state index >= 15 is 0 Å². The molecular weight excluding hydrogens is 192 g/mol. The minimum atomic E-state index is 0.138. The van der Waals surface area contributed by atoms with Crippen LogP contribution in [0.4, 0.5) is 0 Å². The molecule has 1 aliphatic rings. The maximum atomic E-state index is 11.1. The van der Waals surface area contributed by atoms with Gasteiger partial charge in [0, 0.05) is 39.6 Å². The fourth-order valence-electron chi connectivity index (χ4n) is 1.58. The first-order valence-electron chi connectivity index (χ1n) is 5.45. The molecule has 5 heteroatoms. The van der Waals surface area contributed by atoms with Crippen molar-refractivity contribution in [3.63, 3.8) is 0 Å². The van der Waals surface area contributed by atoms with E-state index in [4.69, 9.17) is 5.73 Å². The highest BCUT2D eigenvalue weighted by atomic mass is 16.2. The highest BCUT2D eigenvalue weighted by Crippen LogP contribution is 2.01. The summed E-state index contributed by atoms with van der Waals surface area (Å²) in [5.41, 5.74) is 5.83. The van der Waals surface area contributed by atoms with Gasteiger partial charge in [0.05, 0.1) is 0 Å². The molecule has 1 heterocycles. The van der Waals surface area contributed by atoms with Crippen molar-refractivity contribution in [3.8, 4) is 0 Å². The number of rotatable bonds is 2. The van der Waals surface area contributed by atoms with Gasteiger partial charge in [-0.1, -0.05) is 6.92 Å². The maximum absolute atomic E-state index is 11.1. The largest absolute Gasteiger partial charge is 0.370 e. The Morgan fingerprint density at radius 2 is 1.80 bits per heavy atom. The van der Waals surface area contributed by atoms with Crippen LogP contribution in [0.5, 0.6) is 0 Å². The van der Waals surface area contributed by atoms with E-state index in [0.717, 1.165) is 39.1 Å². The zero-order valence-electron chi connectivity index (χ0n) is 9.57. The summed E-state index contributed by atoms with van der Waals surface area (Å²) in [6.07, 6.45) is 1.01. The number of aliphatic imine (C=N–C) groups is 1. The molecule has 0 aromatic carbocycles. The van der Waals surface area contributed by atoms with E-state index in [9.17, 15) is 4.79 Å². The van der Waals surface area contributed by atoms with Gasteiger partial charge in [-0.05, 0) is 6.42 Å². The molecule has 86 valence electrons. The van der Waals surface area contributed by atoms with Gasteiger partial charge < -0.3 is 15.5 Å². The molecule has 0 bridgehead atoms. The van der Waals surface area contributed by atoms with Crippen molar-refractivity contribution in [3.05, 3.63) is 0 Å². The molecule has 0 atom stereocenters. The summed E-state index contributed by atoms with van der Waals surface area (Å²) in [4.78, 5) is 19.2. The molecule has 1 rings (SSSR count). The summed E-state index contributed by atoms with van der Waals surface area (Å²) in [5, 5.41) is 0. The predicted molar refractivity (Wildman–Crippen MR) is 60.6 cm³/mol. The Labute approximate surface area is 90.9 Å². The van der Waals surface area contributed by atoms with Crippen LogP contribution in [0.2, 0.25) is 0 Å². The lowest BCUT2D eigenvalue weighted by molar-refractivity contribution is -0.130. The van der Waals surface area contributed by atoms with Crippen molar-refractivity contribution in [1.29, 1.82) is 0 Å². The van der Waals surface area contributed by atoms with E-state index < -0.39 is 0 Å². The Balaban J connectivity index is 2.40. The molecule has 1 fully saturated rings. The number of piperazine rings is 1. The lowest BCUT2D eigenvalue weighted by Gasteiger charge is -2.34. The summed E-state index contributed by atoms with van der Waals surface area (Å²) in [7, 11) is 0. The number of hydrogen-bond acceptors (Lipinski definition) is 2. The smallest absolute Gasteiger partial charge is 0.219 e. The molecule has 1 saturated heterocycles. The summed E-state index contributed by atoms with van der Waals surface area (Å²) in [5.74, 6) is 0.749. The first-order chi connectivity index (χ1) is 7.15. The van der Waals surface area contributed by atoms with E-state index in [2.05, 4.69) is 11.9 Å². The third-order valence-corrected chi connectivity index (χ3v) is 2.55. The van der Waals surface area contributed by atoms with E-state index in [1.807, 2.05) is 9.80 Å². The number of nitrogens with zero attached hydrogens (tertiary/aromatic N) is 3. The van der Waals surface area contributed by atoms with Gasteiger partial charge in [0.2, 0.25) is 5.91 Å². The average molecular weight is 212 g/mol. The minimum Gasteiger partial charge on any atom is -0.370 e. The van der Waals surface area contributed by atoms with Crippen LogP contribution in [-0.2, 0) is 4.79 Å². The zero-order chi connectivity index (χ0) is 11.3. The normalized spacial score (nSPS) is 18.1. The van der Waals surface area contributed by atoms with E-state index in [0.29, 0.717) is 5.96 Å². The SMILES string of the molecule is CCCN=C(N)N1CCN(C(C)=O)CC1. The molecular formula is C10H20N4O. The Kier molecular flexibility index (Phi) is 4.39. The van der Waals surface area contributed by atoms with Crippen molar-refractivity contribution < 1.29 is 4.79 Å². The Bertz CT molecular complexity index is 244. The van der Waals surface area contributed by atoms with Crippen LogP contribution in [0.1, 0.15) is 20.3 Å². The molecule has 0 aromatic rings. The molecule has 0 unspecified atom stereocenters. The van der Waals surface area contributed by atoms with Crippen molar-refractivity contribution >= 4 is 11.9 Å². The Morgan fingerprint density at radius 1 is 1.27 bits per heavy atom. The van der Waals surface area contributed by atoms with Gasteiger partial charge in [-0.2, -0.15) is 0 Å². The second kappa shape index (κ2) is 5.58. The van der Waals surface area contributed by atoms with Gasteiger partial charge in [0.15, 0.2) is 5.96 Å². The molecule has 0 aliphatic carbocycles. The highest BCUT2D eigenvalue weighted by molar-refractivity contribution is 5.79. The van der Waals surface area contributed by atoms with Crippen molar-refractivity contribution in [1.82, 2.24) is 9.80 Å². The van der Waals surface area contributed by atoms with E-state index in [1.165, 1.54) is 0 Å². The standard InChI is InChI=1S/C10H20N4O/c1-3-4-12-10(11)14-7-5-13(6-8-14)9(2)15/h3-8H2,1-2H3,(H2,11,12). The number of nitrogens with two attached hydrogens (primary N) is 1. The molecule has 0 spiro atoms. The lowest BCUT2D eigenvalue weighted by atomic mass is 10.3. The molecule has 5 nitrogen and oxygen atoms in total. The van der Waals surface area contributed by atoms with Crippen LogP contribution in [-0.4, -0.2) is 54.4 Å². The second-order valence-electron chi connectivity index (χ2n) is 3.73. The second-order valence-corrected chi connectivity index (χ2v) is 3.73. The van der Waals surface area contributed by atoms with Gasteiger partial charge in [-0.25, -0.2) is 0 Å². The van der Waals surface area contributed by atoms with Crippen LogP contribution in [0, 0.1) is 0 Å². The van der Waals surface area contributed by atoms with Gasteiger partial charge >= 0.3 is 0 Å². The summed E-state index contributed by atoms with van der Waals surface area (Å²) >= 11 is 0. The minimum absolute atomic E-state index is 0.138. The monoisotopic (exact) mass is 212 g/mol. The predicted octanol–water partition coefficient (Wildman–Crippen LogP) is -0.125. The molecule has 0 aromatic heterocycles. The fraction of sp³-hybridized carbons (Fsp3) is 0.800. The molecule has 0 radical (unpaired) electrons. The third kappa shape index (κ3) is 3.42. The first kappa shape index (κ1) is 11.8. The van der Waals surface area contributed by atoms with Crippen molar-refractivity contribution in [2.24, 2.45) is 10.7 Å². The van der Waals surface area contributed by atoms with Crippen molar-refractivity contribution in [2.45, 2.75) is 20.3 Å². The van der Waals surface area contributed by atoms with Gasteiger partial charge in [0.1, 0.15) is 0 Å². The number of carbonyl (C=O) groups excluding carboxylic acids is 1. The third-order valence-electron chi connectivity index (χ3n) is 2.55. The topological polar surface area (TPSA) is 61.9 Å². The Hall–Kier alpha value is -1.26. The number of amides is 1. The first-order valence-corrected chi connectivity index (χ1v) is 5.45. The maximum Gasteiger partial charge on any atom is 0.219 e. The molecule has 15 heavy (non-hydrogen) atoms. The van der Waals surface area contributed by atoms with Crippen LogP contribution in [0.3, 0.4) is 0 Å². The van der Waals surface area contributed by atoms with E-state index in [-0.39, 0.29) is 5.91 Å². The van der Waals surface area contributed by atoms with Crippen LogP contribution < -0.4 is 5.73 Å². The number of hydrogen-bond donors (Lipinski definition) is 1. The summed E-state index contributed by atoms with van der Waals surface area (Å²) in [6.45, 7) is 7.53. The summed E-state index contributed by atoms with van der Waals surface area (Å²) in [6, 6.07) is 0. The van der Waals surface area contributed by atoms with Crippen LogP contribution in [0.15, 0.2) is 4.99 Å². The molecule has 1 amide bonds. The van der Waals surface area contributed by atoms with Gasteiger partial charge in [-0.15, -0.1) is 0 Å². The van der Waals surface area contributed by atoms with Crippen molar-refractivity contribution in [2.75, 3.05) is 32.7 Å². The van der Waals surface area contributed by atoms with Gasteiger partial charge in [0.25, 0.3) is 0 Å². The number of guanidine groups is 1. The fourth-order valence-corrected chi connectivity index (χ4v) is 1.58. The molecule has 2 N–H and O–H groups in total. The van der Waals surface area contributed by atoms with Gasteiger partial charge in [-0.3, -0.25) is 9.79 Å². The quantitative estimate of drug-likeness (QED) is 0.512. The van der Waals surface area contributed by atoms with E-state index in [1.54, 1.807) is 6.92 Å². The average Bonchev–Trinajstić information content (AvgIpc) is 2.26. The lowest BCUT2D eigenvalue weighted by Crippen LogP contribution is -2.52. The highest BCUT2D eigenvalue weighted by Gasteiger charge is 2.19. The summed E-state index contributed by atoms with van der Waals surface area (Å²) < 4.78 is 0. The zero-order valence-corrected chi connectivity index (χ0v) is 9.57. The molecule has 0 saturated carbocycles. The van der Waals surface area contributed by atoms with Crippen LogP contribution >= 0.6 is 0 Å². The number of carbonyl (C=O) groups is 1.